The van der Waals surface area contributed by atoms with Crippen molar-refractivity contribution in [3.05, 3.63) is 85.1 Å². The maximum Gasteiger partial charge on any atom is 0.362 e. The molecular weight excluding hydrogens is 642 g/mol. The predicted molar refractivity (Wildman–Crippen MR) is 210 cm³/mol. The summed E-state index contributed by atoms with van der Waals surface area (Å²) in [4.78, 5) is 36.8. The number of hydrogen-bond donors (Lipinski definition) is 1. The predicted octanol–water partition coefficient (Wildman–Crippen LogP) is 9.79. The summed E-state index contributed by atoms with van der Waals surface area (Å²) in [6.07, 6.45) is 42.0. The summed E-state index contributed by atoms with van der Waals surface area (Å²) in [5.74, 6) is -1.57. The number of esters is 2. The van der Waals surface area contributed by atoms with Crippen molar-refractivity contribution in [2.24, 2.45) is 0 Å². The average molecular weight is 713 g/mol. The van der Waals surface area contributed by atoms with Gasteiger partial charge in [-0.05, 0) is 64.2 Å². The molecule has 2 unspecified atom stereocenters. The van der Waals surface area contributed by atoms with Crippen LogP contribution in [0, 0.1) is 0 Å². The summed E-state index contributed by atoms with van der Waals surface area (Å²) >= 11 is 0. The zero-order valence-corrected chi connectivity index (χ0v) is 32.5. The van der Waals surface area contributed by atoms with Gasteiger partial charge >= 0.3 is 17.9 Å². The highest BCUT2D eigenvalue weighted by molar-refractivity contribution is 5.72. The number of ether oxygens (including phenoxy) is 3. The summed E-state index contributed by atoms with van der Waals surface area (Å²) < 4.78 is 17.1. The largest absolute Gasteiger partial charge is 0.477 e. The topological polar surface area (TPSA) is 99.1 Å². The maximum atomic E-state index is 12.7. The normalized spacial score (nSPS) is 14.0. The smallest absolute Gasteiger partial charge is 0.362 e. The highest BCUT2D eigenvalue weighted by Gasteiger charge is 2.31. The molecule has 0 amide bonds. The quantitative estimate of drug-likeness (QED) is 0.0244. The molecular formula is C43H70NO7+. The van der Waals surface area contributed by atoms with Gasteiger partial charge in [0.05, 0.1) is 34.4 Å². The Hall–Kier alpha value is -3.49. The molecule has 0 aromatic carbocycles. The van der Waals surface area contributed by atoms with Crippen molar-refractivity contribution in [3.8, 4) is 0 Å². The van der Waals surface area contributed by atoms with Gasteiger partial charge in [0.2, 0.25) is 0 Å². The van der Waals surface area contributed by atoms with E-state index in [1.807, 2.05) is 51.5 Å². The molecule has 8 heteroatoms. The minimum atomic E-state index is -0.890. The molecule has 8 nitrogen and oxygen atoms in total. The Kier molecular flexibility index (Phi) is 31.3. The van der Waals surface area contributed by atoms with Gasteiger partial charge in [-0.3, -0.25) is 9.59 Å². The lowest BCUT2D eigenvalue weighted by Crippen LogP contribution is -2.50. The third-order valence-electron chi connectivity index (χ3n) is 7.88. The summed E-state index contributed by atoms with van der Waals surface area (Å²) in [7, 11) is 5.48. The SMILES string of the molecule is CC/C=C/C=C/C=C/C=C/CCCCCCCC(=O)OC(COCCC(C(=O)O)[N+](C)(C)C)COC(=O)CCCC/C=C/C/C=C/C/C=C/CC. The second kappa shape index (κ2) is 33.6. The summed E-state index contributed by atoms with van der Waals surface area (Å²) in [6, 6.07) is -0.628. The zero-order valence-electron chi connectivity index (χ0n) is 32.5. The van der Waals surface area contributed by atoms with Gasteiger partial charge in [-0.15, -0.1) is 0 Å². The number of hydrogen-bond acceptors (Lipinski definition) is 6. The highest BCUT2D eigenvalue weighted by Crippen LogP contribution is 2.12. The number of carboxylic acid groups (broad SMARTS) is 1. The van der Waals surface area contributed by atoms with Gasteiger partial charge in [0, 0.05) is 19.3 Å². The third kappa shape index (κ3) is 32.2. The van der Waals surface area contributed by atoms with E-state index in [9.17, 15) is 19.5 Å². The standard InChI is InChI=1S/C43H69NO7/c1-6-8-10-12-14-16-18-20-21-22-24-26-28-30-32-34-42(46)51-39(37-49-36-35-40(43(47)48)44(3,4)5)38-50-41(45)33-31-29-27-25-23-19-17-15-13-11-9-7-2/h8-12,14-18,20-21,23,25,39-40H,6-7,13,19,22,24,26-38H2,1-5H3/p+1/b10-8+,11-9+,14-12+,17-15+,18-16+,21-20+,25-23+. The van der Waals surface area contributed by atoms with Crippen LogP contribution in [0.25, 0.3) is 0 Å². The van der Waals surface area contributed by atoms with Crippen LogP contribution in [0.4, 0.5) is 0 Å². The molecule has 2 atom stereocenters. The van der Waals surface area contributed by atoms with Gasteiger partial charge in [0.15, 0.2) is 12.1 Å². The number of nitrogens with zero attached hydrogens (tertiary/aromatic N) is 1. The molecule has 0 aromatic heterocycles. The van der Waals surface area contributed by atoms with Crippen molar-refractivity contribution in [1.82, 2.24) is 0 Å². The van der Waals surface area contributed by atoms with Crippen molar-refractivity contribution in [3.63, 3.8) is 0 Å². The first-order chi connectivity index (χ1) is 24.6. The van der Waals surface area contributed by atoms with Crippen molar-refractivity contribution in [2.75, 3.05) is 41.0 Å². The van der Waals surface area contributed by atoms with Crippen LogP contribution in [-0.2, 0) is 28.6 Å². The molecule has 51 heavy (non-hydrogen) atoms. The number of likely N-dealkylation sites (N-methyl/N-ethyl adjacent to an activating group) is 1. The van der Waals surface area contributed by atoms with Gasteiger partial charge in [0.25, 0.3) is 0 Å². The number of carbonyl (C=O) groups excluding carboxylic acids is 2. The molecule has 0 rings (SSSR count). The van der Waals surface area contributed by atoms with Gasteiger partial charge in [-0.2, -0.15) is 0 Å². The minimum absolute atomic E-state index is 0.0333. The molecule has 1 N–H and O–H groups in total. The molecule has 0 saturated carbocycles. The highest BCUT2D eigenvalue weighted by atomic mass is 16.6. The maximum absolute atomic E-state index is 12.7. The number of allylic oxidation sites excluding steroid dienone is 14. The molecule has 0 aliphatic rings. The second-order valence-electron chi connectivity index (χ2n) is 13.5. The number of unbranched alkanes of at least 4 members (excludes halogenated alkanes) is 7. The van der Waals surface area contributed by atoms with Crippen molar-refractivity contribution in [1.29, 1.82) is 0 Å². The van der Waals surface area contributed by atoms with E-state index in [1.54, 1.807) is 0 Å². The molecule has 0 heterocycles. The molecule has 288 valence electrons. The fourth-order valence-electron chi connectivity index (χ4n) is 4.94. The minimum Gasteiger partial charge on any atom is -0.477 e. The van der Waals surface area contributed by atoms with Crippen LogP contribution in [-0.4, -0.2) is 80.6 Å². The van der Waals surface area contributed by atoms with Gasteiger partial charge in [0.1, 0.15) is 6.61 Å². The molecule has 0 spiro atoms. The summed E-state index contributed by atoms with van der Waals surface area (Å²) in [6.45, 7) is 4.37. The Labute approximate surface area is 310 Å². The third-order valence-corrected chi connectivity index (χ3v) is 7.88. The van der Waals surface area contributed by atoms with Gasteiger partial charge in [-0.25, -0.2) is 4.79 Å². The lowest BCUT2D eigenvalue weighted by Gasteiger charge is -2.31. The first-order valence-electron chi connectivity index (χ1n) is 19.2. The van der Waals surface area contributed by atoms with Crippen LogP contribution in [0.15, 0.2) is 85.1 Å². The Balaban J connectivity index is 4.55. The molecule has 0 aromatic rings. The first kappa shape index (κ1) is 47.5. The number of rotatable bonds is 32. The zero-order chi connectivity index (χ0) is 37.8. The van der Waals surface area contributed by atoms with Gasteiger partial charge < -0.3 is 23.8 Å². The fraction of sp³-hybridized carbons (Fsp3) is 0.605. The number of carbonyl (C=O) groups is 3. The second-order valence-corrected chi connectivity index (χ2v) is 13.5. The van der Waals surface area contributed by atoms with E-state index in [2.05, 4.69) is 68.5 Å². The summed E-state index contributed by atoms with van der Waals surface area (Å²) in [5.41, 5.74) is 0. The van der Waals surface area contributed by atoms with E-state index in [4.69, 9.17) is 14.2 Å². The van der Waals surface area contributed by atoms with Crippen molar-refractivity contribution < 1.29 is 38.2 Å². The first-order valence-corrected chi connectivity index (χ1v) is 19.2. The van der Waals surface area contributed by atoms with Gasteiger partial charge in [-0.1, -0.05) is 118 Å². The monoisotopic (exact) mass is 713 g/mol. The van der Waals surface area contributed by atoms with Crippen LogP contribution in [0.2, 0.25) is 0 Å². The molecule has 0 aliphatic carbocycles. The fourth-order valence-corrected chi connectivity index (χ4v) is 4.94. The van der Waals surface area contributed by atoms with Crippen LogP contribution >= 0.6 is 0 Å². The van der Waals surface area contributed by atoms with E-state index in [0.29, 0.717) is 19.3 Å². The number of quaternary nitrogens is 1. The summed E-state index contributed by atoms with van der Waals surface area (Å²) in [5, 5.41) is 9.58. The number of aliphatic carboxylic acids is 1. The Morgan fingerprint density at radius 2 is 1.14 bits per heavy atom. The van der Waals surface area contributed by atoms with E-state index in [1.165, 1.54) is 0 Å². The molecule has 0 aliphatic heterocycles. The Morgan fingerprint density at radius 1 is 0.608 bits per heavy atom. The van der Waals surface area contributed by atoms with E-state index in [-0.39, 0.29) is 42.7 Å². The van der Waals surface area contributed by atoms with Crippen LogP contribution in [0.5, 0.6) is 0 Å². The van der Waals surface area contributed by atoms with Crippen LogP contribution in [0.1, 0.15) is 117 Å². The lowest BCUT2D eigenvalue weighted by molar-refractivity contribution is -0.887. The van der Waals surface area contributed by atoms with E-state index in [0.717, 1.165) is 77.0 Å². The van der Waals surface area contributed by atoms with E-state index < -0.39 is 18.1 Å². The molecule has 0 bridgehead atoms. The average Bonchev–Trinajstić information content (AvgIpc) is 3.08. The van der Waals surface area contributed by atoms with Crippen molar-refractivity contribution in [2.45, 2.75) is 129 Å². The molecule has 0 radical (unpaired) electrons. The molecule has 0 saturated heterocycles. The Morgan fingerprint density at radius 3 is 1.80 bits per heavy atom. The van der Waals surface area contributed by atoms with E-state index >= 15 is 0 Å². The van der Waals surface area contributed by atoms with Crippen LogP contribution < -0.4 is 0 Å². The lowest BCUT2D eigenvalue weighted by atomic mass is 10.1. The molecule has 0 fully saturated rings. The number of carboxylic acids is 1. The Bertz CT molecular complexity index is 1110. The van der Waals surface area contributed by atoms with Crippen LogP contribution in [0.3, 0.4) is 0 Å². The van der Waals surface area contributed by atoms with Crippen molar-refractivity contribution >= 4 is 17.9 Å².